The van der Waals surface area contributed by atoms with Crippen LogP contribution in [0.3, 0.4) is 0 Å². The van der Waals surface area contributed by atoms with Crippen molar-refractivity contribution >= 4 is 5.69 Å². The topological polar surface area (TPSA) is 64.5 Å². The van der Waals surface area contributed by atoms with Crippen molar-refractivity contribution in [3.8, 4) is 5.75 Å². The summed E-state index contributed by atoms with van der Waals surface area (Å²) in [6.45, 7) is 7.78. The fourth-order valence-corrected chi connectivity index (χ4v) is 1.98. The minimum absolute atomic E-state index is 0.0343. The van der Waals surface area contributed by atoms with E-state index in [0.717, 1.165) is 11.4 Å². The van der Waals surface area contributed by atoms with Gasteiger partial charge in [-0.1, -0.05) is 26.8 Å². The third kappa shape index (κ3) is 4.11. The van der Waals surface area contributed by atoms with Gasteiger partial charge in [-0.2, -0.15) is 0 Å². The molecule has 4 nitrogen and oxygen atoms in total. The molecule has 0 amide bonds. The lowest BCUT2D eigenvalue weighted by atomic mass is 9.86. The molecule has 19 heavy (non-hydrogen) atoms. The van der Waals surface area contributed by atoms with E-state index < -0.39 is 0 Å². The molecular weight excluding hydrogens is 238 g/mol. The maximum absolute atomic E-state index is 5.92. The zero-order valence-corrected chi connectivity index (χ0v) is 12.7. The summed E-state index contributed by atoms with van der Waals surface area (Å²) in [7, 11) is 3.70. The van der Waals surface area contributed by atoms with Gasteiger partial charge >= 0.3 is 0 Å². The Balaban J connectivity index is 3.08. The van der Waals surface area contributed by atoms with E-state index in [9.17, 15) is 0 Å². The molecule has 0 fully saturated rings. The average molecular weight is 265 g/mol. The Bertz CT molecular complexity index is 412. The second-order valence-electron chi connectivity index (χ2n) is 6.01. The maximum Gasteiger partial charge on any atom is 0.142 e. The van der Waals surface area contributed by atoms with Crippen LogP contribution in [0.15, 0.2) is 18.2 Å². The molecule has 1 aromatic rings. The minimum Gasteiger partial charge on any atom is -0.495 e. The van der Waals surface area contributed by atoms with Gasteiger partial charge in [-0.05, 0) is 23.1 Å². The number of nitrogens with zero attached hydrogens (tertiary/aromatic N) is 1. The van der Waals surface area contributed by atoms with Crippen LogP contribution in [0.5, 0.6) is 5.75 Å². The van der Waals surface area contributed by atoms with E-state index in [0.29, 0.717) is 13.1 Å². The first kappa shape index (κ1) is 15.8. The second kappa shape index (κ2) is 6.26. The van der Waals surface area contributed by atoms with Gasteiger partial charge in [0.1, 0.15) is 5.75 Å². The molecule has 1 unspecified atom stereocenters. The van der Waals surface area contributed by atoms with E-state index in [-0.39, 0.29) is 11.5 Å². The van der Waals surface area contributed by atoms with Crippen LogP contribution in [-0.4, -0.2) is 33.3 Å². The molecule has 0 aliphatic heterocycles. The SMILES string of the molecule is COc1ccc(C(C)(C)C)cc1N(C)CC(N)CN. The molecule has 0 saturated carbocycles. The van der Waals surface area contributed by atoms with Crippen LogP contribution in [0.25, 0.3) is 0 Å². The van der Waals surface area contributed by atoms with Crippen molar-refractivity contribution in [2.24, 2.45) is 11.5 Å². The first-order chi connectivity index (χ1) is 8.79. The van der Waals surface area contributed by atoms with Gasteiger partial charge in [0.05, 0.1) is 12.8 Å². The number of hydrogen-bond acceptors (Lipinski definition) is 4. The van der Waals surface area contributed by atoms with Crippen molar-refractivity contribution in [1.82, 2.24) is 0 Å². The van der Waals surface area contributed by atoms with Crippen LogP contribution in [0.1, 0.15) is 26.3 Å². The molecule has 1 aromatic carbocycles. The molecule has 0 saturated heterocycles. The molecule has 4 heteroatoms. The molecule has 0 aromatic heterocycles. The first-order valence-corrected chi connectivity index (χ1v) is 6.65. The summed E-state index contributed by atoms with van der Waals surface area (Å²) in [6.07, 6.45) is 0. The summed E-state index contributed by atoms with van der Waals surface area (Å²) in [6, 6.07) is 6.26. The third-order valence-electron chi connectivity index (χ3n) is 3.27. The van der Waals surface area contributed by atoms with Crippen molar-refractivity contribution in [3.05, 3.63) is 23.8 Å². The lowest BCUT2D eigenvalue weighted by Crippen LogP contribution is -2.40. The standard InChI is InChI=1S/C15H27N3O/c1-15(2,3)11-6-7-14(19-5)13(8-11)18(4)10-12(17)9-16/h6-8,12H,9-10,16-17H2,1-5H3. The fourth-order valence-electron chi connectivity index (χ4n) is 1.98. The lowest BCUT2D eigenvalue weighted by Gasteiger charge is -2.27. The molecule has 0 heterocycles. The van der Waals surface area contributed by atoms with Gasteiger partial charge in [-0.15, -0.1) is 0 Å². The van der Waals surface area contributed by atoms with Gasteiger partial charge in [0, 0.05) is 26.2 Å². The monoisotopic (exact) mass is 265 g/mol. The van der Waals surface area contributed by atoms with Gasteiger partial charge in [0.2, 0.25) is 0 Å². The van der Waals surface area contributed by atoms with Crippen molar-refractivity contribution in [2.75, 3.05) is 32.1 Å². The maximum atomic E-state index is 5.92. The third-order valence-corrected chi connectivity index (χ3v) is 3.27. The van der Waals surface area contributed by atoms with Crippen LogP contribution in [0.4, 0.5) is 5.69 Å². The van der Waals surface area contributed by atoms with E-state index in [1.54, 1.807) is 7.11 Å². The summed E-state index contributed by atoms with van der Waals surface area (Å²) in [5.74, 6) is 0.861. The van der Waals surface area contributed by atoms with E-state index >= 15 is 0 Å². The Morgan fingerprint density at radius 3 is 2.42 bits per heavy atom. The van der Waals surface area contributed by atoms with Crippen LogP contribution in [-0.2, 0) is 5.41 Å². The Hall–Kier alpha value is -1.26. The van der Waals surface area contributed by atoms with Gasteiger partial charge in [-0.25, -0.2) is 0 Å². The largest absolute Gasteiger partial charge is 0.495 e. The van der Waals surface area contributed by atoms with Crippen LogP contribution < -0.4 is 21.1 Å². The zero-order chi connectivity index (χ0) is 14.6. The molecule has 0 radical (unpaired) electrons. The molecule has 0 aliphatic carbocycles. The predicted molar refractivity (Wildman–Crippen MR) is 82.0 cm³/mol. The highest BCUT2D eigenvalue weighted by molar-refractivity contribution is 5.60. The number of ether oxygens (including phenoxy) is 1. The first-order valence-electron chi connectivity index (χ1n) is 6.65. The summed E-state index contributed by atoms with van der Waals surface area (Å²) in [5, 5.41) is 0. The Morgan fingerprint density at radius 2 is 1.95 bits per heavy atom. The number of methoxy groups -OCH3 is 1. The van der Waals surface area contributed by atoms with Gasteiger partial charge < -0.3 is 21.1 Å². The van der Waals surface area contributed by atoms with E-state index in [1.165, 1.54) is 5.56 Å². The van der Waals surface area contributed by atoms with Crippen molar-refractivity contribution in [3.63, 3.8) is 0 Å². The van der Waals surface area contributed by atoms with Crippen LogP contribution >= 0.6 is 0 Å². The number of rotatable bonds is 5. The lowest BCUT2D eigenvalue weighted by molar-refractivity contribution is 0.414. The Morgan fingerprint density at radius 1 is 1.32 bits per heavy atom. The fraction of sp³-hybridized carbons (Fsp3) is 0.600. The predicted octanol–water partition coefficient (Wildman–Crippen LogP) is 1.71. The summed E-state index contributed by atoms with van der Waals surface area (Å²) in [5.41, 5.74) is 13.9. The number of likely N-dealkylation sites (N-methyl/N-ethyl adjacent to an activating group) is 1. The van der Waals surface area contributed by atoms with Crippen LogP contribution in [0.2, 0.25) is 0 Å². The molecule has 1 atom stereocenters. The molecule has 0 bridgehead atoms. The highest BCUT2D eigenvalue weighted by Crippen LogP contribution is 2.33. The van der Waals surface area contributed by atoms with Crippen LogP contribution in [0, 0.1) is 0 Å². The zero-order valence-electron chi connectivity index (χ0n) is 12.7. The quantitative estimate of drug-likeness (QED) is 0.851. The molecule has 0 spiro atoms. The van der Waals surface area contributed by atoms with E-state index in [2.05, 4.69) is 37.8 Å². The summed E-state index contributed by atoms with van der Waals surface area (Å²) >= 11 is 0. The second-order valence-corrected chi connectivity index (χ2v) is 6.01. The summed E-state index contributed by atoms with van der Waals surface area (Å²) < 4.78 is 5.44. The van der Waals surface area contributed by atoms with E-state index in [1.807, 2.05) is 13.1 Å². The van der Waals surface area contributed by atoms with Crippen molar-refractivity contribution in [1.29, 1.82) is 0 Å². The number of benzene rings is 1. The smallest absolute Gasteiger partial charge is 0.142 e. The molecule has 108 valence electrons. The Labute approximate surface area is 116 Å². The minimum atomic E-state index is -0.0343. The van der Waals surface area contributed by atoms with Crippen molar-refractivity contribution in [2.45, 2.75) is 32.2 Å². The molecule has 4 N–H and O–H groups in total. The molecule has 0 aliphatic rings. The van der Waals surface area contributed by atoms with Gasteiger partial charge in [0.25, 0.3) is 0 Å². The highest BCUT2D eigenvalue weighted by Gasteiger charge is 2.18. The van der Waals surface area contributed by atoms with Crippen molar-refractivity contribution < 1.29 is 4.74 Å². The normalized spacial score (nSPS) is 13.2. The number of anilines is 1. The number of hydrogen-bond donors (Lipinski definition) is 2. The average Bonchev–Trinajstić information content (AvgIpc) is 2.36. The number of nitrogens with two attached hydrogens (primary N) is 2. The Kier molecular flexibility index (Phi) is 5.20. The van der Waals surface area contributed by atoms with Gasteiger partial charge in [-0.3, -0.25) is 0 Å². The van der Waals surface area contributed by atoms with Gasteiger partial charge in [0.15, 0.2) is 0 Å². The molecular formula is C15H27N3O. The van der Waals surface area contributed by atoms with E-state index in [4.69, 9.17) is 16.2 Å². The summed E-state index contributed by atoms with van der Waals surface area (Å²) in [4.78, 5) is 2.10. The highest BCUT2D eigenvalue weighted by atomic mass is 16.5. The molecule has 1 rings (SSSR count).